The molecule has 0 unspecified atom stereocenters. The first-order valence-corrected chi connectivity index (χ1v) is 7.41. The van der Waals surface area contributed by atoms with Gasteiger partial charge < -0.3 is 12.4 Å². The average Bonchev–Trinajstić information content (AvgIpc) is 2.35. The summed E-state index contributed by atoms with van der Waals surface area (Å²) in [6.07, 6.45) is 0. The minimum atomic E-state index is 0. The van der Waals surface area contributed by atoms with Crippen molar-refractivity contribution in [1.82, 2.24) is 10.6 Å². The maximum absolute atomic E-state index is 3.48. The zero-order valence-electron chi connectivity index (χ0n) is 13.9. The molecule has 0 heterocycles. The summed E-state index contributed by atoms with van der Waals surface area (Å²) >= 11 is 0. The number of anilines is 1. The number of rotatable bonds is 5. The van der Waals surface area contributed by atoms with Gasteiger partial charge in [0.15, 0.2) is 0 Å². The van der Waals surface area contributed by atoms with Crippen LogP contribution in [0.4, 0.5) is 5.69 Å². The van der Waals surface area contributed by atoms with E-state index in [0.717, 1.165) is 11.6 Å². The van der Waals surface area contributed by atoms with E-state index in [0.29, 0.717) is 18.1 Å². The molecule has 0 atom stereocenters. The fraction of sp³-hybridized carbons (Fsp3) is 0.562. The smallest absolute Gasteiger partial charge is 0.368 e. The van der Waals surface area contributed by atoms with Crippen molar-refractivity contribution in [3.63, 3.8) is 0 Å². The second kappa shape index (κ2) is 9.50. The summed E-state index contributed by atoms with van der Waals surface area (Å²) in [5.74, 6) is 1.01. The monoisotopic (exact) mass is 312 g/mol. The summed E-state index contributed by atoms with van der Waals surface area (Å²) in [7, 11) is 0. The van der Waals surface area contributed by atoms with Gasteiger partial charge in [0.1, 0.15) is 0 Å². The third-order valence-electron chi connectivity index (χ3n) is 2.63. The van der Waals surface area contributed by atoms with Gasteiger partial charge in [0.25, 0.3) is 0 Å². The van der Waals surface area contributed by atoms with E-state index in [1.54, 1.807) is 0 Å². The van der Waals surface area contributed by atoms with E-state index < -0.39 is 0 Å². The van der Waals surface area contributed by atoms with Gasteiger partial charge in [-0.25, -0.2) is 5.43 Å². The Balaban J connectivity index is 0.00000400. The molecule has 1 aromatic rings. The lowest BCUT2D eigenvalue weighted by Crippen LogP contribution is -3.00. The molecule has 1 aromatic carbocycles. The fourth-order valence-electron chi connectivity index (χ4n) is 1.82. The van der Waals surface area contributed by atoms with Crippen LogP contribution in [0.25, 0.3) is 0 Å². The molecule has 0 saturated carbocycles. The quantitative estimate of drug-likeness (QED) is 0.305. The van der Waals surface area contributed by atoms with Gasteiger partial charge in [-0.1, -0.05) is 18.2 Å². The van der Waals surface area contributed by atoms with E-state index in [-0.39, 0.29) is 12.4 Å². The third kappa shape index (κ3) is 7.23. The summed E-state index contributed by atoms with van der Waals surface area (Å²) in [6.45, 7) is 12.9. The highest BCUT2D eigenvalue weighted by atomic mass is 35.5. The molecule has 0 aliphatic carbocycles. The van der Waals surface area contributed by atoms with Gasteiger partial charge in [-0.15, -0.1) is 0 Å². The van der Waals surface area contributed by atoms with Crippen LogP contribution in [0.5, 0.6) is 0 Å². The number of hydrazone groups is 1. The SMILES string of the molecule is CC(C)NC(NC(C)C)=[N+](Nc1ccccc1)C(C)C.[Cl-]. The number of benzene rings is 1. The second-order valence-electron chi connectivity index (χ2n) is 5.89. The molecule has 0 fully saturated rings. The van der Waals surface area contributed by atoms with Gasteiger partial charge in [-0.2, -0.15) is 4.68 Å². The number of hydrogen-bond donors (Lipinski definition) is 3. The van der Waals surface area contributed by atoms with Crippen molar-refractivity contribution in [2.45, 2.75) is 59.7 Å². The maximum atomic E-state index is 3.48. The predicted molar refractivity (Wildman–Crippen MR) is 87.0 cm³/mol. The number of hydrogen-bond acceptors (Lipinski definition) is 1. The zero-order chi connectivity index (χ0) is 15.1. The highest BCUT2D eigenvalue weighted by Crippen LogP contribution is 2.06. The number of para-hydroxylation sites is 1. The van der Waals surface area contributed by atoms with E-state index >= 15 is 0 Å². The topological polar surface area (TPSA) is 39.1 Å². The first-order chi connectivity index (χ1) is 9.40. The molecule has 5 heteroatoms. The first-order valence-electron chi connectivity index (χ1n) is 7.41. The van der Waals surface area contributed by atoms with Crippen LogP contribution >= 0.6 is 0 Å². The fourth-order valence-corrected chi connectivity index (χ4v) is 1.82. The van der Waals surface area contributed by atoms with Crippen LogP contribution in [-0.4, -0.2) is 28.8 Å². The summed E-state index contributed by atoms with van der Waals surface area (Å²) in [6, 6.07) is 11.3. The van der Waals surface area contributed by atoms with Crippen LogP contribution in [0, 0.1) is 0 Å². The minimum Gasteiger partial charge on any atom is -1.00 e. The number of nitrogens with one attached hydrogen (secondary N) is 3. The van der Waals surface area contributed by atoms with Crippen LogP contribution in [0.15, 0.2) is 30.3 Å². The van der Waals surface area contributed by atoms with E-state index in [4.69, 9.17) is 0 Å². The number of halogens is 1. The van der Waals surface area contributed by atoms with Crippen LogP contribution in [-0.2, 0) is 0 Å². The Bertz CT molecular complexity index is 415. The standard InChI is InChI=1S/C16H28N4.ClH/c1-12(2)17-16(18-13(3)4)20(14(5)6)19-15-10-8-7-9-11-15;/h7-14,19H,1-6H3,(H,17,18);1H. The average molecular weight is 313 g/mol. The van der Waals surface area contributed by atoms with E-state index in [1.807, 2.05) is 18.2 Å². The van der Waals surface area contributed by atoms with Crippen molar-refractivity contribution in [3.05, 3.63) is 30.3 Å². The van der Waals surface area contributed by atoms with Gasteiger partial charge in [-0.05, 0) is 53.7 Å². The minimum absolute atomic E-state index is 0. The Kier molecular flexibility index (Phi) is 8.86. The summed E-state index contributed by atoms with van der Waals surface area (Å²) in [5.41, 5.74) is 4.54. The highest BCUT2D eigenvalue weighted by Gasteiger charge is 2.18. The van der Waals surface area contributed by atoms with Gasteiger partial charge >= 0.3 is 5.96 Å². The van der Waals surface area contributed by atoms with Crippen molar-refractivity contribution < 1.29 is 17.1 Å². The zero-order valence-corrected chi connectivity index (χ0v) is 14.7. The summed E-state index contributed by atoms with van der Waals surface area (Å²) in [4.78, 5) is 0. The molecule has 0 aliphatic heterocycles. The van der Waals surface area contributed by atoms with Crippen molar-refractivity contribution in [3.8, 4) is 0 Å². The van der Waals surface area contributed by atoms with Gasteiger partial charge in [0, 0.05) is 0 Å². The van der Waals surface area contributed by atoms with Crippen LogP contribution in [0.1, 0.15) is 41.5 Å². The molecular formula is C16H29ClN4. The summed E-state index contributed by atoms with van der Waals surface area (Å²) in [5, 5.41) is 6.96. The number of guanidine groups is 1. The Hall–Kier alpha value is -1.42. The van der Waals surface area contributed by atoms with Gasteiger partial charge in [-0.3, -0.25) is 10.6 Å². The number of nitrogens with zero attached hydrogens (tertiary/aromatic N) is 1. The lowest BCUT2D eigenvalue weighted by atomic mass is 10.3. The Morgan fingerprint density at radius 1 is 0.857 bits per heavy atom. The van der Waals surface area contributed by atoms with Gasteiger partial charge in [0.2, 0.25) is 0 Å². The normalized spacial score (nSPS) is 10.3. The molecule has 0 aliphatic rings. The van der Waals surface area contributed by atoms with Crippen molar-refractivity contribution in [2.75, 3.05) is 5.43 Å². The van der Waals surface area contributed by atoms with Crippen molar-refractivity contribution in [2.24, 2.45) is 0 Å². The highest BCUT2D eigenvalue weighted by molar-refractivity contribution is 5.75. The van der Waals surface area contributed by atoms with Crippen molar-refractivity contribution >= 4 is 11.6 Å². The Morgan fingerprint density at radius 3 is 1.71 bits per heavy atom. The second-order valence-corrected chi connectivity index (χ2v) is 5.89. The Morgan fingerprint density at radius 2 is 1.33 bits per heavy atom. The molecule has 4 nitrogen and oxygen atoms in total. The molecule has 120 valence electrons. The van der Waals surface area contributed by atoms with Crippen molar-refractivity contribution in [1.29, 1.82) is 0 Å². The van der Waals surface area contributed by atoms with E-state index in [9.17, 15) is 0 Å². The molecule has 0 radical (unpaired) electrons. The molecular weight excluding hydrogens is 284 g/mol. The molecule has 0 spiro atoms. The van der Waals surface area contributed by atoms with E-state index in [1.165, 1.54) is 0 Å². The van der Waals surface area contributed by atoms with Gasteiger partial charge in [0.05, 0.1) is 23.8 Å². The van der Waals surface area contributed by atoms with E-state index in [2.05, 4.69) is 74.4 Å². The molecule has 3 N–H and O–H groups in total. The van der Waals surface area contributed by atoms with Crippen LogP contribution < -0.4 is 28.5 Å². The molecule has 0 saturated heterocycles. The first kappa shape index (κ1) is 19.6. The third-order valence-corrected chi connectivity index (χ3v) is 2.63. The lowest BCUT2D eigenvalue weighted by molar-refractivity contribution is -0.533. The number of hydrazine groups is 1. The lowest BCUT2D eigenvalue weighted by Gasteiger charge is -2.21. The predicted octanol–water partition coefficient (Wildman–Crippen LogP) is -0.210. The Labute approximate surface area is 135 Å². The van der Waals surface area contributed by atoms with Crippen LogP contribution in [0.2, 0.25) is 0 Å². The summed E-state index contributed by atoms with van der Waals surface area (Å²) < 4.78 is 2.13. The molecule has 0 aromatic heterocycles. The maximum Gasteiger partial charge on any atom is 0.368 e. The van der Waals surface area contributed by atoms with Crippen LogP contribution in [0.3, 0.4) is 0 Å². The molecule has 21 heavy (non-hydrogen) atoms. The molecule has 0 bridgehead atoms. The molecule has 0 amide bonds. The molecule has 1 rings (SSSR count). The largest absolute Gasteiger partial charge is 1.00 e.